The van der Waals surface area contributed by atoms with E-state index in [2.05, 4.69) is 0 Å². The molecule has 3 rings (SSSR count). The lowest BCUT2D eigenvalue weighted by atomic mass is 10.1. The van der Waals surface area contributed by atoms with E-state index in [9.17, 15) is 18.0 Å². The normalized spacial score (nSPS) is 19.9. The fourth-order valence-corrected chi connectivity index (χ4v) is 4.38. The van der Waals surface area contributed by atoms with E-state index in [-0.39, 0.29) is 25.6 Å². The lowest BCUT2D eigenvalue weighted by Gasteiger charge is -2.35. The van der Waals surface area contributed by atoms with Gasteiger partial charge in [-0.25, -0.2) is 8.42 Å². The van der Waals surface area contributed by atoms with E-state index in [0.717, 1.165) is 29.8 Å². The minimum atomic E-state index is -3.69. The lowest BCUT2D eigenvalue weighted by molar-refractivity contribution is -0.137. The number of carbonyl (C=O) groups is 2. The quantitative estimate of drug-likeness (QED) is 0.745. The van der Waals surface area contributed by atoms with Crippen LogP contribution in [0.5, 0.6) is 0 Å². The van der Waals surface area contributed by atoms with Crippen molar-refractivity contribution >= 4 is 21.9 Å². The molecule has 0 unspecified atom stereocenters. The molecule has 148 valence electrons. The number of morpholine rings is 1. The highest BCUT2D eigenvalue weighted by Crippen LogP contribution is 2.24. The molecule has 0 saturated carbocycles. The molecule has 1 aliphatic heterocycles. The number of carboxylic acid groups (broad SMARTS) is 1. The molecule has 1 aromatic rings. The summed E-state index contributed by atoms with van der Waals surface area (Å²) in [6.07, 6.45) is 3.55. The average Bonchev–Trinajstić information content (AvgIpc) is 3.07. The van der Waals surface area contributed by atoms with E-state index in [1.54, 1.807) is 4.90 Å². The van der Waals surface area contributed by atoms with Crippen molar-refractivity contribution in [3.8, 4) is 0 Å². The van der Waals surface area contributed by atoms with Crippen LogP contribution in [0.1, 0.15) is 27.9 Å². The zero-order valence-corrected chi connectivity index (χ0v) is 16.1. The molecule has 0 radical (unpaired) electrons. The molecule has 1 fully saturated rings. The zero-order chi connectivity index (χ0) is 19.6. The van der Waals surface area contributed by atoms with Gasteiger partial charge in [-0.3, -0.25) is 9.59 Å². The number of nitrogens with zero attached hydrogens (tertiary/aromatic N) is 2. The third-order valence-electron chi connectivity index (χ3n) is 4.96. The van der Waals surface area contributed by atoms with E-state index in [1.807, 2.05) is 18.2 Å². The summed E-state index contributed by atoms with van der Waals surface area (Å²) in [6.45, 7) is 0.203. The van der Waals surface area contributed by atoms with Gasteiger partial charge in [0.25, 0.3) is 5.91 Å². The standard InChI is InChI=1S/C18H24N2O6S/c1-27(24,25)20(12-17(21)22)11-16-10-19(7-8-26-16)18(23)15-6-5-13-3-2-4-14(13)9-15/h5-6,9,16H,2-4,7-8,10-12H2,1H3,(H,21,22)/t16-/m0/s1. The molecule has 1 amide bonds. The number of carbonyl (C=O) groups excluding carboxylic acids is 1. The van der Waals surface area contributed by atoms with Crippen LogP contribution < -0.4 is 0 Å². The SMILES string of the molecule is CS(=O)(=O)N(CC(=O)O)C[C@@H]1CN(C(=O)c2ccc3c(c2)CCC3)CCO1. The van der Waals surface area contributed by atoms with Gasteiger partial charge in [-0.05, 0) is 42.5 Å². The van der Waals surface area contributed by atoms with E-state index in [1.165, 1.54) is 11.1 Å². The van der Waals surface area contributed by atoms with Crippen molar-refractivity contribution in [1.82, 2.24) is 9.21 Å². The first-order valence-corrected chi connectivity index (χ1v) is 10.8. The number of hydrogen-bond acceptors (Lipinski definition) is 5. The molecular weight excluding hydrogens is 372 g/mol. The summed E-state index contributed by atoms with van der Waals surface area (Å²) in [5, 5.41) is 8.93. The molecule has 9 heteroatoms. The second-order valence-corrected chi connectivity index (χ2v) is 9.01. The van der Waals surface area contributed by atoms with Crippen molar-refractivity contribution in [2.45, 2.75) is 25.4 Å². The number of sulfonamides is 1. The topological polar surface area (TPSA) is 104 Å². The second-order valence-electron chi connectivity index (χ2n) is 7.03. The highest BCUT2D eigenvalue weighted by molar-refractivity contribution is 7.88. The van der Waals surface area contributed by atoms with Gasteiger partial charge in [0.1, 0.15) is 6.54 Å². The number of amides is 1. The maximum absolute atomic E-state index is 12.8. The number of aliphatic carboxylic acids is 1. The Bertz CT molecular complexity index is 838. The monoisotopic (exact) mass is 396 g/mol. The van der Waals surface area contributed by atoms with Crippen LogP contribution in [0, 0.1) is 0 Å². The van der Waals surface area contributed by atoms with Crippen LogP contribution in [-0.4, -0.2) is 79.8 Å². The van der Waals surface area contributed by atoms with Crippen molar-refractivity contribution < 1.29 is 27.9 Å². The molecule has 0 bridgehead atoms. The van der Waals surface area contributed by atoms with Gasteiger partial charge in [-0.15, -0.1) is 0 Å². The summed E-state index contributed by atoms with van der Waals surface area (Å²) in [4.78, 5) is 25.4. The second kappa shape index (κ2) is 7.95. The van der Waals surface area contributed by atoms with Crippen LogP contribution >= 0.6 is 0 Å². The van der Waals surface area contributed by atoms with Crippen LogP contribution in [0.3, 0.4) is 0 Å². The molecule has 1 saturated heterocycles. The Balaban J connectivity index is 1.68. The van der Waals surface area contributed by atoms with Crippen LogP contribution in [-0.2, 0) is 32.4 Å². The van der Waals surface area contributed by atoms with Crippen molar-refractivity contribution in [3.05, 3.63) is 34.9 Å². The molecule has 1 aliphatic carbocycles. The Morgan fingerprint density at radius 3 is 2.74 bits per heavy atom. The third-order valence-corrected chi connectivity index (χ3v) is 6.18. The van der Waals surface area contributed by atoms with Gasteiger partial charge in [-0.1, -0.05) is 6.07 Å². The van der Waals surface area contributed by atoms with Gasteiger partial charge in [-0.2, -0.15) is 4.31 Å². The number of rotatable bonds is 6. The highest BCUT2D eigenvalue weighted by Gasteiger charge is 2.30. The Labute approximate surface area is 158 Å². The molecule has 2 aliphatic rings. The van der Waals surface area contributed by atoms with E-state index in [0.29, 0.717) is 12.1 Å². The summed E-state index contributed by atoms with van der Waals surface area (Å²) in [5.74, 6) is -1.34. The predicted octanol–water partition coefficient (Wildman–Crippen LogP) is 0.363. The maximum atomic E-state index is 12.8. The van der Waals surface area contributed by atoms with E-state index < -0.39 is 28.6 Å². The molecule has 1 atom stereocenters. The smallest absolute Gasteiger partial charge is 0.318 e. The van der Waals surface area contributed by atoms with Gasteiger partial charge in [0.15, 0.2) is 0 Å². The molecular formula is C18H24N2O6S. The Morgan fingerprint density at radius 2 is 2.04 bits per heavy atom. The zero-order valence-electron chi connectivity index (χ0n) is 15.3. The summed E-state index contributed by atoms with van der Waals surface area (Å²) >= 11 is 0. The van der Waals surface area contributed by atoms with Crippen LogP contribution in [0.25, 0.3) is 0 Å². The summed E-state index contributed by atoms with van der Waals surface area (Å²) in [7, 11) is -3.69. The number of fused-ring (bicyclic) bond motifs is 1. The highest BCUT2D eigenvalue weighted by atomic mass is 32.2. The molecule has 1 N–H and O–H groups in total. The van der Waals surface area contributed by atoms with Crippen molar-refractivity contribution in [2.24, 2.45) is 0 Å². The molecule has 0 aromatic heterocycles. The minimum Gasteiger partial charge on any atom is -0.480 e. The molecule has 1 heterocycles. The van der Waals surface area contributed by atoms with Gasteiger partial charge < -0.3 is 14.7 Å². The molecule has 27 heavy (non-hydrogen) atoms. The first-order chi connectivity index (χ1) is 12.7. The number of hydrogen-bond donors (Lipinski definition) is 1. The first-order valence-electron chi connectivity index (χ1n) is 8.93. The number of ether oxygens (including phenoxy) is 1. The average molecular weight is 396 g/mol. The Morgan fingerprint density at radius 1 is 1.30 bits per heavy atom. The van der Waals surface area contributed by atoms with Crippen molar-refractivity contribution in [3.63, 3.8) is 0 Å². The summed E-state index contributed by atoms with van der Waals surface area (Å²) < 4.78 is 30.1. The Kier molecular flexibility index (Phi) is 5.83. The predicted molar refractivity (Wildman–Crippen MR) is 98.2 cm³/mol. The number of benzene rings is 1. The third kappa shape index (κ3) is 4.85. The van der Waals surface area contributed by atoms with Gasteiger partial charge in [0.2, 0.25) is 10.0 Å². The maximum Gasteiger partial charge on any atom is 0.318 e. The number of carboxylic acids is 1. The van der Waals surface area contributed by atoms with Crippen LogP contribution in [0.2, 0.25) is 0 Å². The van der Waals surface area contributed by atoms with Crippen molar-refractivity contribution in [1.29, 1.82) is 0 Å². The van der Waals surface area contributed by atoms with Gasteiger partial charge >= 0.3 is 5.97 Å². The molecule has 8 nitrogen and oxygen atoms in total. The van der Waals surface area contributed by atoms with E-state index >= 15 is 0 Å². The summed E-state index contributed by atoms with van der Waals surface area (Å²) in [6, 6.07) is 5.79. The molecule has 1 aromatic carbocycles. The minimum absolute atomic E-state index is 0.0981. The van der Waals surface area contributed by atoms with E-state index in [4.69, 9.17) is 9.84 Å². The molecule has 0 spiro atoms. The fourth-order valence-electron chi connectivity index (χ4n) is 3.60. The lowest BCUT2D eigenvalue weighted by Crippen LogP contribution is -2.51. The largest absolute Gasteiger partial charge is 0.480 e. The Hall–Kier alpha value is -1.97. The van der Waals surface area contributed by atoms with Gasteiger partial charge in [0.05, 0.1) is 19.0 Å². The number of aryl methyl sites for hydroxylation is 2. The van der Waals surface area contributed by atoms with Crippen LogP contribution in [0.4, 0.5) is 0 Å². The van der Waals surface area contributed by atoms with Crippen LogP contribution in [0.15, 0.2) is 18.2 Å². The van der Waals surface area contributed by atoms with Gasteiger partial charge in [0, 0.05) is 25.2 Å². The fraction of sp³-hybridized carbons (Fsp3) is 0.556. The van der Waals surface area contributed by atoms with Crippen molar-refractivity contribution in [2.75, 3.05) is 39.0 Å². The first kappa shape index (κ1) is 19.8. The summed E-state index contributed by atoms with van der Waals surface area (Å²) in [5.41, 5.74) is 3.14.